The first kappa shape index (κ1) is 12.3. The maximum absolute atomic E-state index is 11.4. The first-order chi connectivity index (χ1) is 9.20. The molecule has 0 bridgehead atoms. The molecule has 3 rings (SSSR count). The van der Waals surface area contributed by atoms with E-state index < -0.39 is 0 Å². The third-order valence-corrected chi connectivity index (χ3v) is 4.45. The number of benzene rings is 2. The van der Waals surface area contributed by atoms with E-state index in [2.05, 4.69) is 48.2 Å². The normalized spacial score (nSPS) is 16.1. The highest BCUT2D eigenvalue weighted by Crippen LogP contribution is 2.49. The summed E-state index contributed by atoms with van der Waals surface area (Å²) in [6, 6.07) is 12.7. The van der Waals surface area contributed by atoms with Gasteiger partial charge in [-0.05, 0) is 30.7 Å². The van der Waals surface area contributed by atoms with E-state index in [0.29, 0.717) is 0 Å². The van der Waals surface area contributed by atoms with E-state index in [1.807, 2.05) is 0 Å². The Hall–Kier alpha value is -1.74. The van der Waals surface area contributed by atoms with Crippen LogP contribution in [0.1, 0.15) is 13.8 Å². The molecule has 0 amide bonds. The minimum atomic E-state index is 0.0954. The number of anilines is 1. The summed E-state index contributed by atoms with van der Waals surface area (Å²) in [7, 11) is 0. The summed E-state index contributed by atoms with van der Waals surface area (Å²) < 4.78 is 0. The van der Waals surface area contributed by atoms with Gasteiger partial charge in [0.2, 0.25) is 0 Å². The van der Waals surface area contributed by atoms with Gasteiger partial charge in [-0.2, -0.15) is 0 Å². The summed E-state index contributed by atoms with van der Waals surface area (Å²) >= 11 is 1.69. The average molecular weight is 269 g/mol. The molecule has 0 N–H and O–H groups in total. The number of ketones is 1. The molecule has 2 nitrogen and oxygen atoms in total. The summed E-state index contributed by atoms with van der Waals surface area (Å²) in [5.41, 5.74) is 1.21. The van der Waals surface area contributed by atoms with Gasteiger partial charge in [0, 0.05) is 17.5 Å². The fourth-order valence-corrected chi connectivity index (χ4v) is 3.79. The van der Waals surface area contributed by atoms with Crippen molar-refractivity contribution in [1.29, 1.82) is 0 Å². The zero-order valence-electron chi connectivity index (χ0n) is 11.0. The van der Waals surface area contributed by atoms with Crippen LogP contribution < -0.4 is 4.90 Å². The molecule has 0 unspecified atom stereocenters. The largest absolute Gasteiger partial charge is 0.335 e. The van der Waals surface area contributed by atoms with Crippen molar-refractivity contribution in [2.75, 3.05) is 11.4 Å². The molecule has 1 heterocycles. The Kier molecular flexibility index (Phi) is 3.07. The van der Waals surface area contributed by atoms with Crippen molar-refractivity contribution in [2.45, 2.75) is 18.7 Å². The van der Waals surface area contributed by atoms with Crippen LogP contribution in [0, 0.1) is 0 Å². The lowest BCUT2D eigenvalue weighted by molar-refractivity contribution is -0.112. The van der Waals surface area contributed by atoms with Crippen LogP contribution in [0.3, 0.4) is 0 Å². The quantitative estimate of drug-likeness (QED) is 0.762. The second-order valence-electron chi connectivity index (χ2n) is 4.57. The number of hydrogen-bond donors (Lipinski definition) is 0. The van der Waals surface area contributed by atoms with Crippen molar-refractivity contribution in [1.82, 2.24) is 0 Å². The number of allylic oxidation sites excluding steroid dienone is 1. The predicted molar refractivity (Wildman–Crippen MR) is 81.6 cm³/mol. The minimum absolute atomic E-state index is 0.0954. The Labute approximate surface area is 117 Å². The van der Waals surface area contributed by atoms with Crippen LogP contribution in [-0.4, -0.2) is 12.3 Å². The van der Waals surface area contributed by atoms with E-state index in [0.717, 1.165) is 11.6 Å². The molecule has 0 atom stereocenters. The number of carbonyl (C=O) groups is 1. The highest BCUT2D eigenvalue weighted by atomic mass is 32.2. The molecule has 3 heteroatoms. The smallest absolute Gasteiger partial charge is 0.155 e. The zero-order chi connectivity index (χ0) is 13.4. The monoisotopic (exact) mass is 269 g/mol. The Morgan fingerprint density at radius 1 is 1.26 bits per heavy atom. The Bertz CT molecular complexity index is 690. The van der Waals surface area contributed by atoms with E-state index >= 15 is 0 Å². The summed E-state index contributed by atoms with van der Waals surface area (Å²) in [6.45, 7) is 4.58. The summed E-state index contributed by atoms with van der Waals surface area (Å²) in [6.07, 6.45) is 1.73. The number of nitrogens with zero attached hydrogens (tertiary/aromatic N) is 1. The van der Waals surface area contributed by atoms with Gasteiger partial charge in [-0.3, -0.25) is 4.79 Å². The minimum Gasteiger partial charge on any atom is -0.335 e. The molecule has 0 fully saturated rings. The maximum atomic E-state index is 11.4. The van der Waals surface area contributed by atoms with Gasteiger partial charge in [-0.1, -0.05) is 42.1 Å². The lowest BCUT2D eigenvalue weighted by Gasteiger charge is -2.17. The van der Waals surface area contributed by atoms with Crippen molar-refractivity contribution in [2.24, 2.45) is 0 Å². The fourth-order valence-electron chi connectivity index (χ4n) is 2.44. The van der Waals surface area contributed by atoms with Crippen molar-refractivity contribution in [3.63, 3.8) is 0 Å². The van der Waals surface area contributed by atoms with Crippen molar-refractivity contribution >= 4 is 34.0 Å². The SMILES string of the molecule is CCN1/C(=C/C(C)=O)Sc2c1ccc1ccccc21. The zero-order valence-corrected chi connectivity index (χ0v) is 11.8. The molecular formula is C16H15NOS. The summed E-state index contributed by atoms with van der Waals surface area (Å²) in [5.74, 6) is 0.0954. The van der Waals surface area contributed by atoms with Gasteiger partial charge in [-0.25, -0.2) is 0 Å². The van der Waals surface area contributed by atoms with E-state index in [4.69, 9.17) is 0 Å². The Morgan fingerprint density at radius 3 is 2.79 bits per heavy atom. The van der Waals surface area contributed by atoms with Gasteiger partial charge < -0.3 is 4.90 Å². The lowest BCUT2D eigenvalue weighted by atomic mass is 10.1. The van der Waals surface area contributed by atoms with Gasteiger partial charge >= 0.3 is 0 Å². The van der Waals surface area contributed by atoms with Gasteiger partial charge in [0.15, 0.2) is 5.78 Å². The molecule has 19 heavy (non-hydrogen) atoms. The van der Waals surface area contributed by atoms with E-state index in [9.17, 15) is 4.79 Å². The van der Waals surface area contributed by atoms with E-state index in [1.165, 1.54) is 21.4 Å². The molecule has 96 valence electrons. The number of rotatable bonds is 2. The molecule has 0 spiro atoms. The van der Waals surface area contributed by atoms with Crippen molar-refractivity contribution in [3.05, 3.63) is 47.5 Å². The van der Waals surface area contributed by atoms with Crippen LogP contribution in [0.4, 0.5) is 5.69 Å². The third kappa shape index (κ3) is 2.04. The van der Waals surface area contributed by atoms with Gasteiger partial charge in [0.1, 0.15) is 0 Å². The van der Waals surface area contributed by atoms with Crippen molar-refractivity contribution in [3.8, 4) is 0 Å². The fraction of sp³-hybridized carbons (Fsp3) is 0.188. The number of carbonyl (C=O) groups excluding carboxylic acids is 1. The van der Waals surface area contributed by atoms with Crippen molar-refractivity contribution < 1.29 is 4.79 Å². The number of fused-ring (bicyclic) bond motifs is 3. The molecular weight excluding hydrogens is 254 g/mol. The first-order valence-corrected chi connectivity index (χ1v) is 7.21. The van der Waals surface area contributed by atoms with Crippen LogP contribution in [0.2, 0.25) is 0 Å². The van der Waals surface area contributed by atoms with Crippen LogP contribution in [0.15, 0.2) is 52.4 Å². The Morgan fingerprint density at radius 2 is 2.05 bits per heavy atom. The van der Waals surface area contributed by atoms with Crippen LogP contribution in [0.5, 0.6) is 0 Å². The average Bonchev–Trinajstić information content (AvgIpc) is 2.75. The molecule has 1 aliphatic rings. The molecule has 0 saturated carbocycles. The lowest BCUT2D eigenvalue weighted by Crippen LogP contribution is -2.17. The standard InChI is InChI=1S/C16H15NOS/c1-3-17-14-9-8-12-6-4-5-7-13(12)16(14)19-15(17)10-11(2)18/h4-10H,3H2,1-2H3/b15-10-. The van der Waals surface area contributed by atoms with Gasteiger partial charge in [-0.15, -0.1) is 0 Å². The van der Waals surface area contributed by atoms with E-state index in [1.54, 1.807) is 24.8 Å². The highest BCUT2D eigenvalue weighted by molar-refractivity contribution is 8.04. The van der Waals surface area contributed by atoms with Crippen LogP contribution in [0.25, 0.3) is 10.8 Å². The molecule has 1 aliphatic heterocycles. The molecule has 2 aromatic carbocycles. The number of hydrogen-bond acceptors (Lipinski definition) is 3. The highest BCUT2D eigenvalue weighted by Gasteiger charge is 2.25. The summed E-state index contributed by atoms with van der Waals surface area (Å²) in [5, 5.41) is 3.53. The second kappa shape index (κ2) is 4.74. The molecule has 0 radical (unpaired) electrons. The topological polar surface area (TPSA) is 20.3 Å². The second-order valence-corrected chi connectivity index (χ2v) is 5.61. The predicted octanol–water partition coefficient (Wildman–Crippen LogP) is 4.20. The molecule has 2 aromatic rings. The molecule has 0 aromatic heterocycles. The molecule has 0 aliphatic carbocycles. The van der Waals surface area contributed by atoms with Crippen LogP contribution in [-0.2, 0) is 4.79 Å². The number of thioether (sulfide) groups is 1. The Balaban J connectivity index is 2.20. The van der Waals surface area contributed by atoms with Gasteiger partial charge in [0.25, 0.3) is 0 Å². The summed E-state index contributed by atoms with van der Waals surface area (Å²) in [4.78, 5) is 14.8. The maximum Gasteiger partial charge on any atom is 0.155 e. The first-order valence-electron chi connectivity index (χ1n) is 6.40. The van der Waals surface area contributed by atoms with E-state index in [-0.39, 0.29) is 5.78 Å². The van der Waals surface area contributed by atoms with Gasteiger partial charge in [0.05, 0.1) is 10.7 Å². The van der Waals surface area contributed by atoms with Crippen LogP contribution >= 0.6 is 11.8 Å². The third-order valence-electron chi connectivity index (χ3n) is 3.27. The molecule has 0 saturated heterocycles.